The average molecular weight is 1140 g/mol. The van der Waals surface area contributed by atoms with Crippen molar-refractivity contribution in [3.05, 3.63) is 95.7 Å². The minimum Gasteiger partial charge on any atom is -0.481 e. The molecule has 0 amide bonds. The number of rotatable bonds is 29. The van der Waals surface area contributed by atoms with Crippen LogP contribution in [0.3, 0.4) is 0 Å². The van der Waals surface area contributed by atoms with Gasteiger partial charge in [-0.15, -0.1) is 0 Å². The fourth-order valence-corrected chi connectivity index (χ4v) is 12.6. The van der Waals surface area contributed by atoms with Crippen LogP contribution in [-0.2, 0) is 79.8 Å². The van der Waals surface area contributed by atoms with E-state index in [1.54, 1.807) is 37.5 Å². The van der Waals surface area contributed by atoms with Crippen LogP contribution in [0.15, 0.2) is 104 Å². The number of carboxylic acids is 1. The Kier molecular flexibility index (Phi) is 19.6. The molecule has 0 saturated carbocycles. The van der Waals surface area contributed by atoms with Gasteiger partial charge in [0.1, 0.15) is 16.3 Å². The normalized spacial score (nSPS) is 17.6. The van der Waals surface area contributed by atoms with Crippen LogP contribution in [-0.4, -0.2) is 153 Å². The van der Waals surface area contributed by atoms with Gasteiger partial charge < -0.3 is 33.7 Å². The van der Waals surface area contributed by atoms with Gasteiger partial charge in [-0.2, -0.15) is 38.2 Å². The molecule has 0 bridgehead atoms. The third kappa shape index (κ3) is 13.8. The maximum Gasteiger partial charge on any atom is 0.303 e. The number of hydrogen-bond acceptors (Lipinski definition) is 15. The van der Waals surface area contributed by atoms with E-state index >= 15 is 0 Å². The van der Waals surface area contributed by atoms with Crippen molar-refractivity contribution in [2.24, 2.45) is 0 Å². The molecule has 2 heterocycles. The first-order valence-corrected chi connectivity index (χ1v) is 30.1. The molecule has 2 aliphatic heterocycles. The predicted octanol–water partition coefficient (Wildman–Crippen LogP) is 6.90. The zero-order valence-electron chi connectivity index (χ0n) is 42.8. The van der Waals surface area contributed by atoms with Crippen molar-refractivity contribution in [1.82, 2.24) is 0 Å². The van der Waals surface area contributed by atoms with Gasteiger partial charge in [0.25, 0.3) is 40.5 Å². The Bertz CT molecular complexity index is 3420. The third-order valence-corrected chi connectivity index (χ3v) is 16.9. The minimum absolute atomic E-state index is 0.00652. The molecule has 0 aromatic heterocycles. The molecule has 6 rings (SSSR count). The van der Waals surface area contributed by atoms with Gasteiger partial charge in [0, 0.05) is 72.0 Å². The van der Waals surface area contributed by atoms with E-state index in [0.29, 0.717) is 112 Å². The number of carboxylic acid groups (broad SMARTS) is 1. The molecule has 5 N–H and O–H groups in total. The van der Waals surface area contributed by atoms with Crippen LogP contribution in [0.5, 0.6) is 0 Å². The lowest BCUT2D eigenvalue weighted by Crippen LogP contribution is -2.30. The van der Waals surface area contributed by atoms with E-state index < -0.39 is 76.9 Å². The van der Waals surface area contributed by atoms with Crippen LogP contribution in [0.1, 0.15) is 70.9 Å². The summed E-state index contributed by atoms with van der Waals surface area (Å²) in [5.41, 5.74) is 1.62. The first kappa shape index (κ1) is 60.2. The lowest BCUT2D eigenvalue weighted by atomic mass is 9.76. The second kappa shape index (κ2) is 24.8. The van der Waals surface area contributed by atoms with E-state index in [4.69, 9.17) is 23.7 Å². The number of allylic oxidation sites excluding steroid dienone is 6. The molecule has 76 heavy (non-hydrogen) atoms. The molecule has 0 radical (unpaired) electrons. The number of benzene rings is 4. The minimum atomic E-state index is -5.05. The summed E-state index contributed by atoms with van der Waals surface area (Å²) in [6.07, 6.45) is 10.6. The number of nitrogens with zero attached hydrogens (tertiary/aromatic N) is 2. The zero-order valence-corrected chi connectivity index (χ0v) is 46.1. The Balaban J connectivity index is 1.39. The molecule has 4 aromatic rings. The largest absolute Gasteiger partial charge is 0.481 e. The molecule has 21 nitrogen and oxygen atoms in total. The fraction of sp³-hybridized carbons (Fsp3) is 0.451. The van der Waals surface area contributed by atoms with Crippen molar-refractivity contribution in [3.8, 4) is 0 Å². The standard InChI is InChI=1S/C51H64N2O19S4/c1-6-52-41-18-16-37-39(31-35(73(56,57)58)33-43(37)75(62,63)64)48(41)50(2,3)45(52)13-9-7-10-14-46-51(4,20-22-69-25-26-71-29-30-72-28-27-70-24-23-68-5)49-40-32-36(74(59,60)61)34-44(76(65,66)67)38(40)17-19-42(49)53(46)21-12-8-11-15-47(54)55/h7,9-10,13-14,16-19,31-34H,6,8,11-12,15,20-30H2,1-5H3,(H4-,54,55,56,57,58,59,60,61,62,63,64,65,66,67)/p+1. The van der Waals surface area contributed by atoms with Crippen LogP contribution >= 0.6 is 0 Å². The van der Waals surface area contributed by atoms with Crippen LogP contribution in [0.25, 0.3) is 21.5 Å². The Morgan fingerprint density at radius 2 is 1.13 bits per heavy atom. The summed E-state index contributed by atoms with van der Waals surface area (Å²) in [6, 6.07) is 10.0. The van der Waals surface area contributed by atoms with Gasteiger partial charge in [-0.3, -0.25) is 23.0 Å². The number of anilines is 1. The van der Waals surface area contributed by atoms with E-state index in [1.165, 1.54) is 24.3 Å². The van der Waals surface area contributed by atoms with Gasteiger partial charge in [0.2, 0.25) is 5.69 Å². The Hall–Kier alpha value is -5.00. The molecule has 1 unspecified atom stereocenters. The second-order valence-electron chi connectivity index (χ2n) is 18.8. The molecule has 25 heteroatoms. The van der Waals surface area contributed by atoms with Gasteiger partial charge in [-0.05, 0) is 106 Å². The third-order valence-electron chi connectivity index (χ3n) is 13.4. The summed E-state index contributed by atoms with van der Waals surface area (Å²) >= 11 is 0. The predicted molar refractivity (Wildman–Crippen MR) is 283 cm³/mol. The van der Waals surface area contributed by atoms with Crippen LogP contribution in [0.2, 0.25) is 0 Å². The molecule has 0 aliphatic carbocycles. The highest BCUT2D eigenvalue weighted by Crippen LogP contribution is 2.54. The fourth-order valence-electron chi connectivity index (χ4n) is 9.96. The van der Waals surface area contributed by atoms with E-state index in [2.05, 4.69) is 0 Å². The number of hydrogen-bond donors (Lipinski definition) is 5. The van der Waals surface area contributed by atoms with Crippen LogP contribution < -0.4 is 4.90 Å². The van der Waals surface area contributed by atoms with Crippen LogP contribution in [0.4, 0.5) is 11.4 Å². The second-order valence-corrected chi connectivity index (χ2v) is 24.4. The lowest BCUT2D eigenvalue weighted by molar-refractivity contribution is -0.433. The average Bonchev–Trinajstić information content (AvgIpc) is 3.71. The number of carbonyl (C=O) groups is 1. The van der Waals surface area contributed by atoms with Gasteiger partial charge in [0.05, 0.1) is 68.1 Å². The van der Waals surface area contributed by atoms with Crippen molar-refractivity contribution >= 4 is 85.1 Å². The van der Waals surface area contributed by atoms with Crippen molar-refractivity contribution in [2.75, 3.05) is 84.6 Å². The smallest absolute Gasteiger partial charge is 0.303 e. The highest BCUT2D eigenvalue weighted by Gasteiger charge is 2.47. The maximum absolute atomic E-state index is 12.9. The summed E-state index contributed by atoms with van der Waals surface area (Å²) in [4.78, 5) is 10.5. The number of aliphatic carboxylic acids is 1. The molecular weight excluding hydrogens is 1070 g/mol. The SMILES string of the molecule is CC[N+]1=C(/C=C/C=C/C=C2/N(CCCCCC(=O)O)c3ccc4c(S(=O)(=O)O)cc(S(=O)(=O)O)cc4c3C2(C)CCOCCOCCOCCOCCOC)C(C)(C)c2c1ccc1c(S(=O)(=O)O)cc(S(=O)(=O)O)cc21. The van der Waals surface area contributed by atoms with Crippen molar-refractivity contribution < 1.29 is 90.0 Å². The summed E-state index contributed by atoms with van der Waals surface area (Å²) in [6.45, 7) is 11.2. The van der Waals surface area contributed by atoms with E-state index in [-0.39, 0.29) is 54.2 Å². The van der Waals surface area contributed by atoms with Gasteiger partial charge in [0.15, 0.2) is 5.71 Å². The monoisotopic (exact) mass is 1140 g/mol. The lowest BCUT2D eigenvalue weighted by Gasteiger charge is -2.31. The number of ether oxygens (including phenoxy) is 5. The van der Waals surface area contributed by atoms with Crippen LogP contribution in [0, 0.1) is 0 Å². The topological polar surface area (TPSA) is 307 Å². The van der Waals surface area contributed by atoms with Gasteiger partial charge in [-0.25, -0.2) is 0 Å². The molecule has 1 atom stereocenters. The Morgan fingerprint density at radius 1 is 0.618 bits per heavy atom. The van der Waals surface area contributed by atoms with Gasteiger partial charge in [-0.1, -0.05) is 30.7 Å². The van der Waals surface area contributed by atoms with Crippen molar-refractivity contribution in [3.63, 3.8) is 0 Å². The first-order chi connectivity index (χ1) is 35.7. The highest BCUT2D eigenvalue weighted by molar-refractivity contribution is 7.87. The van der Waals surface area contributed by atoms with E-state index in [9.17, 15) is 61.8 Å². The molecular formula is C51H65N2O19S4+. The summed E-state index contributed by atoms with van der Waals surface area (Å²) in [5, 5.41) is 9.68. The number of unbranched alkanes of at least 4 members (excludes halogenated alkanes) is 2. The molecule has 0 fully saturated rings. The molecule has 0 spiro atoms. The maximum atomic E-state index is 12.9. The number of methoxy groups -OCH3 is 1. The van der Waals surface area contributed by atoms with E-state index in [0.717, 1.165) is 5.71 Å². The molecule has 2 aliphatic rings. The summed E-state index contributed by atoms with van der Waals surface area (Å²) in [5.74, 6) is -0.942. The van der Waals surface area contributed by atoms with Crippen molar-refractivity contribution in [1.29, 1.82) is 0 Å². The highest BCUT2D eigenvalue weighted by atomic mass is 32.2. The molecule has 416 valence electrons. The number of fused-ring (bicyclic) bond motifs is 6. The summed E-state index contributed by atoms with van der Waals surface area (Å²) in [7, 11) is -18.4. The van der Waals surface area contributed by atoms with Gasteiger partial charge >= 0.3 is 5.97 Å². The summed E-state index contributed by atoms with van der Waals surface area (Å²) < 4.78 is 171. The zero-order chi connectivity index (χ0) is 55.9. The molecule has 0 saturated heterocycles. The van der Waals surface area contributed by atoms with E-state index in [1.807, 2.05) is 49.3 Å². The molecule has 4 aromatic carbocycles. The Morgan fingerprint density at radius 3 is 1.63 bits per heavy atom. The van der Waals surface area contributed by atoms with Crippen molar-refractivity contribution in [2.45, 2.75) is 90.2 Å². The quantitative estimate of drug-likeness (QED) is 0.0160. The Labute approximate surface area is 443 Å². The first-order valence-electron chi connectivity index (χ1n) is 24.3.